The number of rotatable bonds is 3. The molecule has 2 aromatic rings. The van der Waals surface area contributed by atoms with Crippen molar-refractivity contribution in [2.45, 2.75) is 13.0 Å². The Balaban J connectivity index is 2.05. The molecule has 2 heterocycles. The Morgan fingerprint density at radius 3 is 2.88 bits per heavy atom. The highest BCUT2D eigenvalue weighted by Gasteiger charge is 1.97. The van der Waals surface area contributed by atoms with Gasteiger partial charge in [0.25, 0.3) is 0 Å². The number of nitrogens with two attached hydrogens (primary N) is 1. The molecule has 0 bridgehead atoms. The molecule has 2 rings (SSSR count). The van der Waals surface area contributed by atoms with Crippen molar-refractivity contribution >= 4 is 5.69 Å². The minimum absolute atomic E-state index is 0.130. The molecule has 2 N–H and O–H groups in total. The molecule has 4 heteroatoms. The molecule has 0 aliphatic carbocycles. The minimum atomic E-state index is -0.130. The van der Waals surface area contributed by atoms with E-state index < -0.39 is 0 Å². The molecule has 4 nitrogen and oxygen atoms in total. The van der Waals surface area contributed by atoms with Crippen molar-refractivity contribution in [3.63, 3.8) is 0 Å². The summed E-state index contributed by atoms with van der Waals surface area (Å²) in [7, 11) is 0. The van der Waals surface area contributed by atoms with E-state index in [-0.39, 0.29) is 11.1 Å². The highest BCUT2D eigenvalue weighted by Crippen LogP contribution is 1.99. The van der Waals surface area contributed by atoms with Crippen molar-refractivity contribution in [3.05, 3.63) is 58.8 Å². The van der Waals surface area contributed by atoms with E-state index in [0.29, 0.717) is 0 Å². The van der Waals surface area contributed by atoms with Gasteiger partial charge in [-0.3, -0.25) is 9.78 Å². The van der Waals surface area contributed by atoms with Crippen molar-refractivity contribution in [3.8, 4) is 0 Å². The van der Waals surface area contributed by atoms with E-state index >= 15 is 0 Å². The second-order valence-electron chi connectivity index (χ2n) is 3.57. The molecule has 0 radical (unpaired) electrons. The second kappa shape index (κ2) is 4.61. The van der Waals surface area contributed by atoms with E-state index in [1.54, 1.807) is 18.6 Å². The molecule has 0 aliphatic heterocycles. The van der Waals surface area contributed by atoms with Crippen molar-refractivity contribution < 1.29 is 0 Å². The number of pyridine rings is 2. The van der Waals surface area contributed by atoms with Gasteiger partial charge in [0.05, 0.1) is 5.69 Å². The van der Waals surface area contributed by atoms with Crippen molar-refractivity contribution in [2.24, 2.45) is 0 Å². The van der Waals surface area contributed by atoms with Crippen LogP contribution in [0, 0.1) is 0 Å². The van der Waals surface area contributed by atoms with Gasteiger partial charge >= 0.3 is 0 Å². The van der Waals surface area contributed by atoms with Crippen LogP contribution in [0.3, 0.4) is 0 Å². The number of hydrogen-bond donors (Lipinski definition) is 1. The van der Waals surface area contributed by atoms with Crippen LogP contribution in [0.4, 0.5) is 5.69 Å². The van der Waals surface area contributed by atoms with Gasteiger partial charge in [-0.15, -0.1) is 0 Å². The third kappa shape index (κ3) is 2.48. The Bertz CT molecular complexity index is 519. The molecule has 0 atom stereocenters. The Labute approximate surface area is 93.4 Å². The summed E-state index contributed by atoms with van der Waals surface area (Å²) in [4.78, 5) is 15.3. The molecule has 16 heavy (non-hydrogen) atoms. The Kier molecular flexibility index (Phi) is 3.00. The fourth-order valence-electron chi connectivity index (χ4n) is 1.47. The van der Waals surface area contributed by atoms with Crippen LogP contribution >= 0.6 is 0 Å². The second-order valence-corrected chi connectivity index (χ2v) is 3.57. The van der Waals surface area contributed by atoms with Gasteiger partial charge in [0.15, 0.2) is 0 Å². The minimum Gasteiger partial charge on any atom is -0.394 e. The first-order valence-corrected chi connectivity index (χ1v) is 5.11. The first kappa shape index (κ1) is 10.4. The van der Waals surface area contributed by atoms with Crippen LogP contribution in [0.5, 0.6) is 0 Å². The molecular formula is C12H13N3O. The average Bonchev–Trinajstić information content (AvgIpc) is 2.32. The highest BCUT2D eigenvalue weighted by atomic mass is 16.1. The molecule has 0 saturated heterocycles. The normalized spacial score (nSPS) is 10.2. The predicted molar refractivity (Wildman–Crippen MR) is 63.1 cm³/mol. The van der Waals surface area contributed by atoms with Crippen molar-refractivity contribution in [2.75, 3.05) is 5.73 Å². The summed E-state index contributed by atoms with van der Waals surface area (Å²) in [6.45, 7) is 0.765. The Morgan fingerprint density at radius 1 is 1.31 bits per heavy atom. The first-order chi connectivity index (χ1) is 7.75. The largest absolute Gasteiger partial charge is 0.394 e. The maximum atomic E-state index is 11.1. The average molecular weight is 215 g/mol. The summed E-state index contributed by atoms with van der Waals surface area (Å²) >= 11 is 0. The van der Waals surface area contributed by atoms with Crippen LogP contribution in [0.1, 0.15) is 5.69 Å². The summed E-state index contributed by atoms with van der Waals surface area (Å²) in [5, 5.41) is 0. The fourth-order valence-corrected chi connectivity index (χ4v) is 1.47. The monoisotopic (exact) mass is 215 g/mol. The lowest BCUT2D eigenvalue weighted by atomic mass is 10.2. The highest BCUT2D eigenvalue weighted by molar-refractivity contribution is 5.33. The van der Waals surface area contributed by atoms with Gasteiger partial charge in [0.1, 0.15) is 0 Å². The van der Waals surface area contributed by atoms with E-state index in [0.717, 1.165) is 18.7 Å². The van der Waals surface area contributed by atoms with E-state index in [9.17, 15) is 4.79 Å². The van der Waals surface area contributed by atoms with Gasteiger partial charge in [-0.05, 0) is 12.1 Å². The van der Waals surface area contributed by atoms with Gasteiger partial charge < -0.3 is 10.3 Å². The summed E-state index contributed by atoms with van der Waals surface area (Å²) in [5.41, 5.74) is 6.72. The molecule has 0 aliphatic rings. The lowest BCUT2D eigenvalue weighted by Gasteiger charge is -2.06. The van der Waals surface area contributed by atoms with Crippen LogP contribution in [-0.4, -0.2) is 9.55 Å². The van der Waals surface area contributed by atoms with Crippen LogP contribution < -0.4 is 11.2 Å². The molecular weight excluding hydrogens is 202 g/mol. The number of aromatic nitrogens is 2. The molecule has 0 spiro atoms. The van der Waals surface area contributed by atoms with Gasteiger partial charge in [-0.1, -0.05) is 6.07 Å². The van der Waals surface area contributed by atoms with Crippen LogP contribution in [0.2, 0.25) is 0 Å². The van der Waals surface area contributed by atoms with Gasteiger partial charge in [-0.2, -0.15) is 0 Å². The first-order valence-electron chi connectivity index (χ1n) is 5.11. The molecule has 82 valence electrons. The third-order valence-corrected chi connectivity index (χ3v) is 2.36. The fraction of sp³-hybridized carbons (Fsp3) is 0.167. The standard InChI is InChI=1S/C12H13N3O/c13-11-9-15(8-5-12(11)16)7-4-10-3-1-2-6-14-10/h1-3,5-6,8-9H,4,7,13H2. The van der Waals surface area contributed by atoms with Gasteiger partial charge in [0, 0.05) is 43.3 Å². The van der Waals surface area contributed by atoms with Crippen LogP contribution in [0.15, 0.2) is 47.7 Å². The number of hydrogen-bond acceptors (Lipinski definition) is 3. The summed E-state index contributed by atoms with van der Waals surface area (Å²) < 4.78 is 1.89. The number of nitrogen functional groups attached to an aromatic ring is 1. The van der Waals surface area contributed by atoms with Crippen molar-refractivity contribution in [1.29, 1.82) is 0 Å². The predicted octanol–water partition coefficient (Wildman–Crippen LogP) is 1.07. The number of anilines is 1. The van der Waals surface area contributed by atoms with Crippen molar-refractivity contribution in [1.82, 2.24) is 9.55 Å². The lowest BCUT2D eigenvalue weighted by Crippen LogP contribution is -2.11. The van der Waals surface area contributed by atoms with Crippen LogP contribution in [-0.2, 0) is 13.0 Å². The zero-order valence-corrected chi connectivity index (χ0v) is 8.84. The molecule has 0 aromatic carbocycles. The molecule has 0 unspecified atom stereocenters. The van der Waals surface area contributed by atoms with E-state index in [1.807, 2.05) is 22.8 Å². The third-order valence-electron chi connectivity index (χ3n) is 2.36. The zero-order chi connectivity index (χ0) is 11.4. The summed E-state index contributed by atoms with van der Waals surface area (Å²) in [6, 6.07) is 7.31. The van der Waals surface area contributed by atoms with Gasteiger partial charge in [-0.25, -0.2) is 0 Å². The summed E-state index contributed by atoms with van der Waals surface area (Å²) in [6.07, 6.45) is 5.99. The maximum absolute atomic E-state index is 11.1. The molecule has 0 saturated carbocycles. The number of nitrogens with zero attached hydrogens (tertiary/aromatic N) is 2. The quantitative estimate of drug-likeness (QED) is 0.833. The van der Waals surface area contributed by atoms with E-state index in [2.05, 4.69) is 4.98 Å². The van der Waals surface area contributed by atoms with Crippen LogP contribution in [0.25, 0.3) is 0 Å². The molecule has 0 fully saturated rings. The Morgan fingerprint density at radius 2 is 2.19 bits per heavy atom. The lowest BCUT2D eigenvalue weighted by molar-refractivity contribution is 0.681. The molecule has 2 aromatic heterocycles. The Hall–Kier alpha value is -2.10. The summed E-state index contributed by atoms with van der Waals surface area (Å²) in [5.74, 6) is 0. The smallest absolute Gasteiger partial charge is 0.204 e. The SMILES string of the molecule is Nc1cn(CCc2ccccn2)ccc1=O. The molecule has 0 amide bonds. The van der Waals surface area contributed by atoms with E-state index in [1.165, 1.54) is 6.07 Å². The zero-order valence-electron chi connectivity index (χ0n) is 8.84. The van der Waals surface area contributed by atoms with Gasteiger partial charge in [0.2, 0.25) is 5.43 Å². The number of aryl methyl sites for hydroxylation is 2. The maximum Gasteiger partial charge on any atom is 0.204 e. The topological polar surface area (TPSA) is 60.9 Å². The van der Waals surface area contributed by atoms with E-state index in [4.69, 9.17) is 5.73 Å².